The summed E-state index contributed by atoms with van der Waals surface area (Å²) in [7, 11) is 0. The lowest BCUT2D eigenvalue weighted by Crippen LogP contribution is -2.47. The Hall–Kier alpha value is -4.53. The molecule has 0 aliphatic carbocycles. The van der Waals surface area contributed by atoms with Crippen molar-refractivity contribution < 1.29 is 14.5 Å². The fourth-order valence-electron chi connectivity index (χ4n) is 4.04. The highest BCUT2D eigenvalue weighted by Gasteiger charge is 2.28. The van der Waals surface area contributed by atoms with Gasteiger partial charge < -0.3 is 16.1 Å². The number of nitrogens with one attached hydrogen (secondary N) is 4. The average Bonchev–Trinajstić information content (AvgIpc) is 3.44. The lowest BCUT2D eigenvalue weighted by molar-refractivity contribution is 0.138. The molecule has 2 aromatic carbocycles. The molecule has 40 heavy (non-hydrogen) atoms. The molecule has 0 saturated carbocycles. The Bertz CT molecular complexity index is 1720. The molecule has 1 aliphatic heterocycles. The zero-order valence-electron chi connectivity index (χ0n) is 22.6. The van der Waals surface area contributed by atoms with Crippen molar-refractivity contribution in [2.24, 2.45) is 0 Å². The summed E-state index contributed by atoms with van der Waals surface area (Å²) in [5, 5.41) is 18.2. The number of anilines is 3. The van der Waals surface area contributed by atoms with Gasteiger partial charge in [-0.2, -0.15) is 9.65 Å². The van der Waals surface area contributed by atoms with Crippen molar-refractivity contribution >= 4 is 39.6 Å². The fraction of sp³-hybridized carbons (Fsp3) is 0.179. The number of hydrogen-bond acceptors (Lipinski definition) is 8. The van der Waals surface area contributed by atoms with E-state index < -0.39 is 23.6 Å². The van der Waals surface area contributed by atoms with Gasteiger partial charge in [0.1, 0.15) is 11.9 Å². The normalized spacial score (nSPS) is 15.1. The topological polar surface area (TPSA) is 101 Å². The van der Waals surface area contributed by atoms with E-state index in [1.54, 1.807) is 23.3 Å². The van der Waals surface area contributed by atoms with Crippen LogP contribution in [0.2, 0.25) is 5.02 Å². The van der Waals surface area contributed by atoms with Crippen molar-refractivity contribution in [2.45, 2.75) is 32.3 Å². The largest absolute Gasteiger partial charge is 0.373 e. The van der Waals surface area contributed by atoms with Crippen LogP contribution in [-0.4, -0.2) is 20.5 Å². The Morgan fingerprint density at radius 3 is 2.48 bits per heavy atom. The van der Waals surface area contributed by atoms with E-state index >= 15 is 0 Å². The highest BCUT2D eigenvalue weighted by molar-refractivity contribution is 6.36. The maximum Gasteiger partial charge on any atom is 0.249 e. The molecule has 12 heteroatoms. The number of nitrogens with zero attached hydrogens (tertiary/aromatic N) is 4. The summed E-state index contributed by atoms with van der Waals surface area (Å²) in [5.41, 5.74) is 7.67. The van der Waals surface area contributed by atoms with Crippen LogP contribution in [0.25, 0.3) is 10.9 Å². The number of benzene rings is 2. The number of halogens is 4. The molecular weight excluding hydrogens is 541 g/mol. The van der Waals surface area contributed by atoms with Crippen LogP contribution in [-0.2, 0) is 0 Å². The van der Waals surface area contributed by atoms with Gasteiger partial charge in [0, 0.05) is 35.1 Å². The number of aromatic nitrogens is 2. The first-order valence-electron chi connectivity index (χ1n) is 12.6. The number of rotatable bonds is 6. The molecule has 204 valence electrons. The minimum absolute atomic E-state index is 0.0946. The first kappa shape index (κ1) is 25.7. The summed E-state index contributed by atoms with van der Waals surface area (Å²) in [6, 6.07) is 10.00. The second-order valence-electron chi connectivity index (χ2n) is 9.96. The van der Waals surface area contributed by atoms with Gasteiger partial charge in [-0.15, -0.1) is 5.53 Å². The van der Waals surface area contributed by atoms with E-state index in [4.69, 9.17) is 11.6 Å². The van der Waals surface area contributed by atoms with E-state index in [1.165, 1.54) is 30.5 Å². The smallest absolute Gasteiger partial charge is 0.249 e. The zero-order chi connectivity index (χ0) is 29.5. The van der Waals surface area contributed by atoms with Crippen LogP contribution < -0.4 is 21.6 Å². The molecular formula is C28H24ClF3N8. The molecule has 1 aliphatic rings. The lowest BCUT2D eigenvalue weighted by Gasteiger charge is -2.30. The van der Waals surface area contributed by atoms with Crippen molar-refractivity contribution in [3.8, 4) is 6.07 Å². The monoisotopic (exact) mass is 565 g/mol. The second kappa shape index (κ2) is 10.6. The number of nitriles is 1. The molecule has 2 aromatic heterocycles. The van der Waals surface area contributed by atoms with E-state index in [-0.39, 0.29) is 27.5 Å². The van der Waals surface area contributed by atoms with Crippen molar-refractivity contribution in [3.63, 3.8) is 0 Å². The van der Waals surface area contributed by atoms with Gasteiger partial charge in [-0.25, -0.2) is 13.8 Å². The Morgan fingerprint density at radius 1 is 1.07 bits per heavy atom. The maximum absolute atomic E-state index is 13.9. The maximum atomic E-state index is 13.9. The summed E-state index contributed by atoms with van der Waals surface area (Å²) in [6.07, 6.45) is 4.14. The highest BCUT2D eigenvalue weighted by atomic mass is 35.5. The first-order chi connectivity index (χ1) is 19.4. The molecule has 5 rings (SSSR count). The quantitative estimate of drug-likeness (QED) is 0.198. The molecule has 0 saturated heterocycles. The molecule has 0 spiro atoms. The average molecular weight is 566 g/mol. The lowest BCUT2D eigenvalue weighted by atomic mass is 10.0. The molecule has 0 fully saturated rings. The van der Waals surface area contributed by atoms with Gasteiger partial charge in [0.25, 0.3) is 0 Å². The van der Waals surface area contributed by atoms with Crippen molar-refractivity contribution in [1.29, 1.82) is 5.26 Å². The molecule has 0 radical (unpaired) electrons. The van der Waals surface area contributed by atoms with Crippen LogP contribution in [0.15, 0.2) is 66.8 Å². The summed E-state index contributed by atoms with van der Waals surface area (Å²) < 4.78 is 50.7. The molecule has 1 unspecified atom stereocenters. The SMILES string of the molecule is [2H]C(Nc1cc(Cl)c2ncc(C#N)c(Nc3cnc(F)c(F)c3)c2c1)(C1=CN(C(C)(C)C)NN1)c1ccc(F)cc1. The molecule has 3 heterocycles. The summed E-state index contributed by atoms with van der Waals surface area (Å²) in [5.74, 6) is -2.88. The Morgan fingerprint density at radius 2 is 1.82 bits per heavy atom. The van der Waals surface area contributed by atoms with E-state index in [0.29, 0.717) is 27.9 Å². The summed E-state index contributed by atoms with van der Waals surface area (Å²) in [4.78, 5) is 7.69. The number of pyridine rings is 2. The van der Waals surface area contributed by atoms with Gasteiger partial charge in [-0.05, 0) is 50.6 Å². The molecule has 8 nitrogen and oxygen atoms in total. The molecule has 4 aromatic rings. The second-order valence-corrected chi connectivity index (χ2v) is 10.4. The van der Waals surface area contributed by atoms with E-state index in [0.717, 1.165) is 12.3 Å². The van der Waals surface area contributed by atoms with Crippen molar-refractivity contribution in [1.82, 2.24) is 25.9 Å². The highest BCUT2D eigenvalue weighted by Crippen LogP contribution is 2.37. The van der Waals surface area contributed by atoms with Crippen LogP contribution in [0.3, 0.4) is 0 Å². The van der Waals surface area contributed by atoms with Gasteiger partial charge in [0.15, 0.2) is 5.82 Å². The van der Waals surface area contributed by atoms with Gasteiger partial charge in [-0.3, -0.25) is 9.99 Å². The van der Waals surface area contributed by atoms with Crippen LogP contribution in [0.1, 0.15) is 39.3 Å². The van der Waals surface area contributed by atoms with Crippen molar-refractivity contribution in [3.05, 3.63) is 100 Å². The van der Waals surface area contributed by atoms with E-state index in [9.17, 15) is 19.8 Å². The minimum atomic E-state index is -1.67. The molecule has 0 bridgehead atoms. The standard InChI is InChI=1S/C28H24ClF3N8/c1-28(2,3)40-14-23(38-39-40)25(15-4-6-17(30)7-5-15)36-18-8-20-24(37-19-10-22(31)27(32)35-13-19)16(11-33)12-34-26(20)21(29)9-18/h4-10,12-14,25,36,38-39H,1-3H3,(H,34,37)/i25D. The van der Waals surface area contributed by atoms with Gasteiger partial charge in [0.05, 0.1) is 46.8 Å². The Labute approximate surface area is 234 Å². The third kappa shape index (κ3) is 5.45. The minimum Gasteiger partial charge on any atom is -0.373 e. The van der Waals surface area contributed by atoms with Gasteiger partial charge in [0.2, 0.25) is 5.95 Å². The number of fused-ring (bicyclic) bond motifs is 1. The van der Waals surface area contributed by atoms with Gasteiger partial charge >= 0.3 is 0 Å². The third-order valence-electron chi connectivity index (χ3n) is 6.07. The molecule has 1 atom stereocenters. The summed E-state index contributed by atoms with van der Waals surface area (Å²) in [6.45, 7) is 5.95. The van der Waals surface area contributed by atoms with Crippen LogP contribution in [0.5, 0.6) is 0 Å². The Kier molecular flexibility index (Phi) is 6.79. The number of hydrazine groups is 2. The summed E-state index contributed by atoms with van der Waals surface area (Å²) >= 11 is 6.62. The molecule has 4 N–H and O–H groups in total. The van der Waals surface area contributed by atoms with E-state index in [1.807, 2.05) is 26.8 Å². The fourth-order valence-corrected chi connectivity index (χ4v) is 4.31. The third-order valence-corrected chi connectivity index (χ3v) is 6.36. The number of hydrogen-bond donors (Lipinski definition) is 4. The predicted octanol–water partition coefficient (Wildman–Crippen LogP) is 6.43. The first-order valence-corrected chi connectivity index (χ1v) is 12.4. The van der Waals surface area contributed by atoms with Crippen LogP contribution in [0.4, 0.5) is 30.2 Å². The van der Waals surface area contributed by atoms with Gasteiger partial charge in [-0.1, -0.05) is 23.7 Å². The zero-order valence-corrected chi connectivity index (χ0v) is 22.3. The van der Waals surface area contributed by atoms with E-state index in [2.05, 4.69) is 31.6 Å². The predicted molar refractivity (Wildman–Crippen MR) is 148 cm³/mol. The molecule has 0 amide bonds. The van der Waals surface area contributed by atoms with Crippen LogP contribution in [0, 0.1) is 28.9 Å². The van der Waals surface area contributed by atoms with Crippen molar-refractivity contribution in [2.75, 3.05) is 10.6 Å². The Balaban J connectivity index is 1.64. The van der Waals surface area contributed by atoms with Crippen LogP contribution >= 0.6 is 11.6 Å².